The Balaban J connectivity index is 1.70. The molecule has 1 amide bonds. The number of nitrogens with zero attached hydrogens (tertiary/aromatic N) is 1. The third kappa shape index (κ3) is 3.59. The van der Waals surface area contributed by atoms with Crippen LogP contribution in [0.3, 0.4) is 0 Å². The average molecular weight is 453 g/mol. The number of aliphatic hydroxyl groups is 1. The molecule has 1 aliphatic heterocycles. The van der Waals surface area contributed by atoms with Crippen molar-refractivity contribution >= 4 is 33.9 Å². The van der Waals surface area contributed by atoms with Crippen LogP contribution in [0.2, 0.25) is 0 Å². The Morgan fingerprint density at radius 3 is 2.24 bits per heavy atom. The summed E-state index contributed by atoms with van der Waals surface area (Å²) in [6.07, 6.45) is 0. The standard InChI is InChI=1S/C28H20FNO4/c1-34-23-14-12-22(13-15-23)30-25(18-8-10-21(29)11-9-18)24(27(32)28(30)33)26(31)20-7-6-17-4-2-3-5-19(17)16-20/h2-16,25,31H,1H3/b26-24-. The molecule has 5 rings (SSSR count). The highest BCUT2D eigenvalue weighted by Crippen LogP contribution is 2.42. The molecule has 1 N–H and O–H groups in total. The number of carbonyl (C=O) groups is 2. The molecule has 0 saturated carbocycles. The second-order valence-corrected chi connectivity index (χ2v) is 7.98. The summed E-state index contributed by atoms with van der Waals surface area (Å²) in [6.45, 7) is 0. The van der Waals surface area contributed by atoms with Crippen LogP contribution in [0.5, 0.6) is 5.75 Å². The molecule has 34 heavy (non-hydrogen) atoms. The summed E-state index contributed by atoms with van der Waals surface area (Å²) in [7, 11) is 1.53. The molecule has 0 spiro atoms. The summed E-state index contributed by atoms with van der Waals surface area (Å²) in [4.78, 5) is 27.7. The first-order valence-corrected chi connectivity index (χ1v) is 10.7. The topological polar surface area (TPSA) is 66.8 Å². The summed E-state index contributed by atoms with van der Waals surface area (Å²) in [5, 5.41) is 13.2. The third-order valence-electron chi connectivity index (χ3n) is 6.00. The smallest absolute Gasteiger partial charge is 0.300 e. The van der Waals surface area contributed by atoms with E-state index in [1.54, 1.807) is 36.4 Å². The second-order valence-electron chi connectivity index (χ2n) is 7.98. The summed E-state index contributed by atoms with van der Waals surface area (Å²) < 4.78 is 18.9. The van der Waals surface area contributed by atoms with Gasteiger partial charge in [-0.15, -0.1) is 0 Å². The summed E-state index contributed by atoms with van der Waals surface area (Å²) in [5.74, 6) is -1.72. The molecule has 1 unspecified atom stereocenters. The van der Waals surface area contributed by atoms with Crippen LogP contribution >= 0.6 is 0 Å². The number of halogens is 1. The maximum atomic E-state index is 13.7. The van der Waals surface area contributed by atoms with Gasteiger partial charge in [0.2, 0.25) is 0 Å². The molecule has 0 bridgehead atoms. The molecule has 0 aromatic heterocycles. The van der Waals surface area contributed by atoms with Crippen molar-refractivity contribution in [2.45, 2.75) is 6.04 Å². The number of methoxy groups -OCH3 is 1. The van der Waals surface area contributed by atoms with Gasteiger partial charge in [0.25, 0.3) is 11.7 Å². The molecule has 0 aliphatic carbocycles. The zero-order valence-corrected chi connectivity index (χ0v) is 18.2. The molecule has 1 fully saturated rings. The zero-order chi connectivity index (χ0) is 23.8. The Bertz CT molecular complexity index is 1440. The predicted octanol–water partition coefficient (Wildman–Crippen LogP) is 5.61. The Morgan fingerprint density at radius 1 is 0.882 bits per heavy atom. The van der Waals surface area contributed by atoms with E-state index in [9.17, 15) is 19.1 Å². The Morgan fingerprint density at radius 2 is 1.56 bits per heavy atom. The Labute approximate surface area is 195 Å². The lowest BCUT2D eigenvalue weighted by Gasteiger charge is -2.25. The largest absolute Gasteiger partial charge is 0.507 e. The third-order valence-corrected chi connectivity index (χ3v) is 6.00. The second kappa shape index (κ2) is 8.48. The molecule has 168 valence electrons. The average Bonchev–Trinajstić information content (AvgIpc) is 3.14. The molecular weight excluding hydrogens is 433 g/mol. The van der Waals surface area contributed by atoms with E-state index in [1.165, 1.54) is 36.3 Å². The van der Waals surface area contributed by atoms with E-state index in [2.05, 4.69) is 0 Å². The van der Waals surface area contributed by atoms with Crippen molar-refractivity contribution in [3.63, 3.8) is 0 Å². The van der Waals surface area contributed by atoms with Crippen molar-refractivity contribution in [3.05, 3.63) is 114 Å². The fourth-order valence-corrected chi connectivity index (χ4v) is 4.29. The van der Waals surface area contributed by atoms with Crippen molar-refractivity contribution < 1.29 is 23.8 Å². The van der Waals surface area contributed by atoms with Gasteiger partial charge in [-0.3, -0.25) is 14.5 Å². The van der Waals surface area contributed by atoms with Gasteiger partial charge in [-0.2, -0.15) is 0 Å². The molecule has 1 saturated heterocycles. The minimum absolute atomic E-state index is 0.0530. The van der Waals surface area contributed by atoms with Gasteiger partial charge in [-0.1, -0.05) is 48.5 Å². The summed E-state index contributed by atoms with van der Waals surface area (Å²) in [6, 6.07) is 24.3. The van der Waals surface area contributed by atoms with E-state index < -0.39 is 23.5 Å². The first-order valence-electron chi connectivity index (χ1n) is 10.7. The van der Waals surface area contributed by atoms with Gasteiger partial charge in [0.1, 0.15) is 17.3 Å². The van der Waals surface area contributed by atoms with Crippen LogP contribution in [-0.2, 0) is 9.59 Å². The van der Waals surface area contributed by atoms with Crippen molar-refractivity contribution in [1.82, 2.24) is 0 Å². The number of fused-ring (bicyclic) bond motifs is 1. The van der Waals surface area contributed by atoms with Gasteiger partial charge in [-0.05, 0) is 58.8 Å². The predicted molar refractivity (Wildman–Crippen MR) is 128 cm³/mol. The maximum Gasteiger partial charge on any atom is 0.300 e. The number of aliphatic hydroxyl groups excluding tert-OH is 1. The Hall–Kier alpha value is -4.45. The van der Waals surface area contributed by atoms with E-state index in [0.717, 1.165) is 10.8 Å². The normalized spacial score (nSPS) is 17.4. The number of benzene rings is 4. The van der Waals surface area contributed by atoms with E-state index in [4.69, 9.17) is 4.74 Å². The van der Waals surface area contributed by atoms with Gasteiger partial charge >= 0.3 is 0 Å². The fraction of sp³-hybridized carbons (Fsp3) is 0.0714. The van der Waals surface area contributed by atoms with Crippen molar-refractivity contribution in [2.24, 2.45) is 0 Å². The number of hydrogen-bond acceptors (Lipinski definition) is 4. The van der Waals surface area contributed by atoms with Crippen LogP contribution in [0.25, 0.3) is 16.5 Å². The number of rotatable bonds is 4. The molecule has 1 aliphatic rings. The Kier molecular flexibility index (Phi) is 5.34. The number of anilines is 1. The van der Waals surface area contributed by atoms with Crippen molar-refractivity contribution in [2.75, 3.05) is 12.0 Å². The first kappa shape index (κ1) is 21.4. The quantitative estimate of drug-likeness (QED) is 0.248. The fourth-order valence-electron chi connectivity index (χ4n) is 4.29. The van der Waals surface area contributed by atoms with Gasteiger partial charge in [0.15, 0.2) is 0 Å². The highest BCUT2D eigenvalue weighted by atomic mass is 19.1. The van der Waals surface area contributed by atoms with Crippen LogP contribution in [0, 0.1) is 5.82 Å². The molecule has 1 heterocycles. The molecule has 4 aromatic rings. The van der Waals surface area contributed by atoms with E-state index in [0.29, 0.717) is 22.6 Å². The van der Waals surface area contributed by atoms with Crippen molar-refractivity contribution in [3.8, 4) is 5.75 Å². The summed E-state index contributed by atoms with van der Waals surface area (Å²) in [5.41, 5.74) is 1.31. The highest BCUT2D eigenvalue weighted by Gasteiger charge is 2.47. The van der Waals surface area contributed by atoms with E-state index in [-0.39, 0.29) is 11.3 Å². The number of ether oxygens (including phenoxy) is 1. The van der Waals surface area contributed by atoms with Crippen LogP contribution < -0.4 is 9.64 Å². The molecule has 4 aromatic carbocycles. The number of ketones is 1. The molecule has 6 heteroatoms. The molecule has 5 nitrogen and oxygen atoms in total. The zero-order valence-electron chi connectivity index (χ0n) is 18.2. The maximum absolute atomic E-state index is 13.7. The number of carbonyl (C=O) groups excluding carboxylic acids is 2. The minimum atomic E-state index is -0.930. The SMILES string of the molecule is COc1ccc(N2C(=O)C(=O)/C(=C(\O)c3ccc4ccccc4c3)C2c2ccc(F)cc2)cc1. The first-order chi connectivity index (χ1) is 16.5. The van der Waals surface area contributed by atoms with Gasteiger partial charge < -0.3 is 9.84 Å². The van der Waals surface area contributed by atoms with Crippen LogP contribution in [0.15, 0.2) is 96.6 Å². The summed E-state index contributed by atoms with van der Waals surface area (Å²) >= 11 is 0. The number of Topliss-reactive ketones (excluding diaryl/α,β-unsaturated/α-hetero) is 1. The molecule has 0 radical (unpaired) electrons. The molecule has 1 atom stereocenters. The highest BCUT2D eigenvalue weighted by molar-refractivity contribution is 6.51. The van der Waals surface area contributed by atoms with Gasteiger partial charge in [-0.25, -0.2) is 4.39 Å². The van der Waals surface area contributed by atoms with Crippen molar-refractivity contribution in [1.29, 1.82) is 0 Å². The van der Waals surface area contributed by atoms with Crippen LogP contribution in [0.1, 0.15) is 17.2 Å². The van der Waals surface area contributed by atoms with Gasteiger partial charge in [0, 0.05) is 11.3 Å². The van der Waals surface area contributed by atoms with Crippen LogP contribution in [0.4, 0.5) is 10.1 Å². The van der Waals surface area contributed by atoms with Gasteiger partial charge in [0.05, 0.1) is 18.7 Å². The van der Waals surface area contributed by atoms with E-state index >= 15 is 0 Å². The lowest BCUT2D eigenvalue weighted by Crippen LogP contribution is -2.29. The van der Waals surface area contributed by atoms with E-state index in [1.807, 2.05) is 30.3 Å². The lowest BCUT2D eigenvalue weighted by molar-refractivity contribution is -0.132. The minimum Gasteiger partial charge on any atom is -0.507 e. The number of amides is 1. The van der Waals surface area contributed by atoms with Crippen LogP contribution in [-0.4, -0.2) is 23.9 Å². The molecular formula is C28H20FNO4. The lowest BCUT2D eigenvalue weighted by atomic mass is 9.94. The monoisotopic (exact) mass is 453 g/mol. The number of hydrogen-bond donors (Lipinski definition) is 1.